The predicted molar refractivity (Wildman–Crippen MR) is 75.6 cm³/mol. The van der Waals surface area contributed by atoms with Crippen molar-refractivity contribution in [2.75, 3.05) is 5.73 Å². The van der Waals surface area contributed by atoms with E-state index in [-0.39, 0.29) is 17.1 Å². The number of rotatable bonds is 5. The van der Waals surface area contributed by atoms with Crippen LogP contribution in [0.3, 0.4) is 0 Å². The fourth-order valence-corrected chi connectivity index (χ4v) is 2.65. The molecule has 0 fully saturated rings. The van der Waals surface area contributed by atoms with Crippen LogP contribution in [-0.4, -0.2) is 19.7 Å². The van der Waals surface area contributed by atoms with Crippen molar-refractivity contribution in [2.45, 2.75) is 24.4 Å². The predicted octanol–water partition coefficient (Wildman–Crippen LogP) is 1.37. The van der Waals surface area contributed by atoms with Gasteiger partial charge in [-0.15, -0.1) is 5.10 Å². The highest BCUT2D eigenvalue weighted by molar-refractivity contribution is 7.98. The topological polar surface area (TPSA) is 120 Å². The van der Waals surface area contributed by atoms with E-state index < -0.39 is 4.92 Å². The number of nitrogens with one attached hydrogen (secondary N) is 1. The van der Waals surface area contributed by atoms with Gasteiger partial charge in [0, 0.05) is 18.4 Å². The molecule has 2 aromatic rings. The number of benzene rings is 1. The largest absolute Gasteiger partial charge is 0.393 e. The van der Waals surface area contributed by atoms with Gasteiger partial charge in [-0.3, -0.25) is 14.7 Å². The van der Waals surface area contributed by atoms with Crippen molar-refractivity contribution in [3.63, 3.8) is 0 Å². The molecule has 1 heterocycles. The second-order valence-electron chi connectivity index (χ2n) is 3.99. The summed E-state index contributed by atoms with van der Waals surface area (Å²) in [5.74, 6) is 0.520. The van der Waals surface area contributed by atoms with Gasteiger partial charge in [0.25, 0.3) is 5.69 Å². The van der Waals surface area contributed by atoms with E-state index in [0.717, 1.165) is 5.56 Å². The maximum absolute atomic E-state index is 11.4. The van der Waals surface area contributed by atoms with Gasteiger partial charge in [0.1, 0.15) is 5.69 Å². The fraction of sp³-hybridized carbons (Fsp3) is 0.273. The quantitative estimate of drug-likeness (QED) is 0.372. The van der Waals surface area contributed by atoms with Gasteiger partial charge in [0.2, 0.25) is 0 Å². The van der Waals surface area contributed by atoms with Crippen LogP contribution in [0, 0.1) is 10.1 Å². The van der Waals surface area contributed by atoms with Crippen LogP contribution in [-0.2, 0) is 12.3 Å². The molecule has 0 saturated carbocycles. The summed E-state index contributed by atoms with van der Waals surface area (Å²) in [5, 5.41) is 17.5. The molecule has 0 atom stereocenters. The van der Waals surface area contributed by atoms with Crippen LogP contribution >= 0.6 is 11.8 Å². The molecule has 0 aliphatic heterocycles. The Morgan fingerprint density at radius 2 is 2.30 bits per heavy atom. The molecular weight excluding hydrogens is 282 g/mol. The number of nitrogens with zero attached hydrogens (tertiary/aromatic N) is 3. The van der Waals surface area contributed by atoms with E-state index in [4.69, 9.17) is 5.73 Å². The number of nitro groups is 1. The van der Waals surface area contributed by atoms with E-state index in [1.54, 1.807) is 12.1 Å². The number of hydrogen-bond donors (Lipinski definition) is 2. The van der Waals surface area contributed by atoms with E-state index in [2.05, 4.69) is 10.2 Å². The molecule has 20 heavy (non-hydrogen) atoms. The first-order valence-electron chi connectivity index (χ1n) is 5.83. The Bertz CT molecular complexity index is 694. The number of anilines is 1. The normalized spacial score (nSPS) is 10.7. The molecule has 2 rings (SSSR count). The zero-order valence-electron chi connectivity index (χ0n) is 10.7. The van der Waals surface area contributed by atoms with Crippen LogP contribution in [0.4, 0.5) is 11.4 Å². The minimum absolute atomic E-state index is 0.107. The molecule has 3 N–H and O–H groups in total. The molecule has 0 radical (unpaired) electrons. The van der Waals surface area contributed by atoms with E-state index >= 15 is 0 Å². The summed E-state index contributed by atoms with van der Waals surface area (Å²) >= 11 is 1.36. The van der Waals surface area contributed by atoms with Crippen molar-refractivity contribution in [3.8, 4) is 0 Å². The molecule has 0 spiro atoms. The lowest BCUT2D eigenvalue weighted by atomic mass is 10.2. The monoisotopic (exact) mass is 295 g/mol. The summed E-state index contributed by atoms with van der Waals surface area (Å²) in [6.45, 7) is 2.38. The molecule has 0 bridgehead atoms. The summed E-state index contributed by atoms with van der Waals surface area (Å²) in [7, 11) is 0. The smallest absolute Gasteiger partial charge is 0.343 e. The standard InChI is InChI=1S/C11H13N5O3S/c1-2-15-10(17)13-14-11(15)20-6-7-3-4-9(16(18)19)8(12)5-7/h3-5H,2,6,12H2,1H3,(H,13,17). The Kier molecular flexibility index (Phi) is 4.08. The van der Waals surface area contributed by atoms with Crippen LogP contribution in [0.5, 0.6) is 0 Å². The molecule has 106 valence electrons. The average Bonchev–Trinajstić information content (AvgIpc) is 2.76. The van der Waals surface area contributed by atoms with Crippen molar-refractivity contribution in [2.24, 2.45) is 0 Å². The second kappa shape index (κ2) is 5.78. The fourth-order valence-electron chi connectivity index (χ4n) is 1.70. The number of thioether (sulfide) groups is 1. The van der Waals surface area contributed by atoms with Gasteiger partial charge >= 0.3 is 5.69 Å². The second-order valence-corrected chi connectivity index (χ2v) is 4.94. The molecule has 1 aromatic carbocycles. The highest BCUT2D eigenvalue weighted by Crippen LogP contribution is 2.26. The summed E-state index contributed by atoms with van der Waals surface area (Å²) in [4.78, 5) is 21.5. The molecule has 0 unspecified atom stereocenters. The lowest BCUT2D eigenvalue weighted by Gasteiger charge is -2.04. The molecule has 0 amide bonds. The van der Waals surface area contributed by atoms with Gasteiger partial charge in [-0.25, -0.2) is 9.89 Å². The molecule has 0 saturated heterocycles. The van der Waals surface area contributed by atoms with Gasteiger partial charge in [0.05, 0.1) is 4.92 Å². The molecule has 0 aliphatic rings. The highest BCUT2D eigenvalue weighted by Gasteiger charge is 2.12. The summed E-state index contributed by atoms with van der Waals surface area (Å²) < 4.78 is 1.51. The Hall–Kier alpha value is -2.29. The average molecular weight is 295 g/mol. The van der Waals surface area contributed by atoms with Crippen LogP contribution in [0.1, 0.15) is 12.5 Å². The number of aromatic nitrogens is 3. The minimum atomic E-state index is -0.519. The maximum atomic E-state index is 11.4. The molecule has 9 heteroatoms. The molecule has 1 aromatic heterocycles. The maximum Gasteiger partial charge on any atom is 0.343 e. The Balaban J connectivity index is 2.13. The third-order valence-electron chi connectivity index (χ3n) is 2.70. The van der Waals surface area contributed by atoms with Crippen LogP contribution < -0.4 is 11.4 Å². The summed E-state index contributed by atoms with van der Waals surface area (Å²) in [5.41, 5.74) is 6.22. The van der Waals surface area contributed by atoms with Gasteiger partial charge in [-0.1, -0.05) is 17.8 Å². The lowest BCUT2D eigenvalue weighted by molar-refractivity contribution is -0.383. The Morgan fingerprint density at radius 1 is 1.55 bits per heavy atom. The molecule has 0 aliphatic carbocycles. The SMILES string of the molecule is CCn1c(SCc2ccc([N+](=O)[O-])c(N)c2)n[nH]c1=O. The first-order valence-corrected chi connectivity index (χ1v) is 6.82. The molecule has 8 nitrogen and oxygen atoms in total. The molecular formula is C11H13N5O3S. The van der Waals surface area contributed by atoms with Crippen molar-refractivity contribution >= 4 is 23.1 Å². The summed E-state index contributed by atoms with van der Waals surface area (Å²) in [6.07, 6.45) is 0. The number of aromatic amines is 1. The number of H-pyrrole nitrogens is 1. The van der Waals surface area contributed by atoms with E-state index in [9.17, 15) is 14.9 Å². The number of hydrogen-bond acceptors (Lipinski definition) is 6. The Labute approximate surface area is 118 Å². The van der Waals surface area contributed by atoms with E-state index in [0.29, 0.717) is 17.5 Å². The number of nitro benzene ring substituents is 1. The lowest BCUT2D eigenvalue weighted by Crippen LogP contribution is -2.16. The number of nitrogen functional groups attached to an aromatic ring is 1. The van der Waals surface area contributed by atoms with Gasteiger partial charge in [-0.2, -0.15) is 0 Å². The Morgan fingerprint density at radius 3 is 2.90 bits per heavy atom. The zero-order valence-corrected chi connectivity index (χ0v) is 11.5. The van der Waals surface area contributed by atoms with E-state index in [1.807, 2.05) is 6.92 Å². The zero-order chi connectivity index (χ0) is 14.7. The highest BCUT2D eigenvalue weighted by atomic mass is 32.2. The first kappa shape index (κ1) is 14.1. The van der Waals surface area contributed by atoms with Crippen molar-refractivity contribution in [1.82, 2.24) is 14.8 Å². The van der Waals surface area contributed by atoms with Crippen LogP contribution in [0.15, 0.2) is 28.2 Å². The minimum Gasteiger partial charge on any atom is -0.393 e. The van der Waals surface area contributed by atoms with Crippen LogP contribution in [0.2, 0.25) is 0 Å². The van der Waals surface area contributed by atoms with Gasteiger partial charge < -0.3 is 5.73 Å². The van der Waals surface area contributed by atoms with Crippen LogP contribution in [0.25, 0.3) is 0 Å². The van der Waals surface area contributed by atoms with Crippen molar-refractivity contribution in [1.29, 1.82) is 0 Å². The van der Waals surface area contributed by atoms with Crippen molar-refractivity contribution < 1.29 is 4.92 Å². The first-order chi connectivity index (χ1) is 9.52. The van der Waals surface area contributed by atoms with Crippen molar-refractivity contribution in [3.05, 3.63) is 44.4 Å². The number of nitrogens with two attached hydrogens (primary N) is 1. The third-order valence-corrected chi connectivity index (χ3v) is 3.74. The van der Waals surface area contributed by atoms with Gasteiger partial charge in [0.15, 0.2) is 5.16 Å². The van der Waals surface area contributed by atoms with E-state index in [1.165, 1.54) is 22.4 Å². The third kappa shape index (κ3) is 2.82. The van der Waals surface area contributed by atoms with Gasteiger partial charge in [-0.05, 0) is 18.6 Å². The summed E-state index contributed by atoms with van der Waals surface area (Å²) in [6, 6.07) is 4.58.